The second-order valence-corrected chi connectivity index (χ2v) is 4.48. The van der Waals surface area contributed by atoms with E-state index < -0.39 is 5.97 Å². The molecule has 1 N–H and O–H groups in total. The Morgan fingerprint density at radius 1 is 1.56 bits per heavy atom. The fraction of sp³-hybridized carbons (Fsp3) is 0.667. The topological polar surface area (TPSA) is 63.3 Å². The lowest BCUT2D eigenvalue weighted by atomic mass is 9.75. The standard InChI is InChI=1S/C12H17NO3/c1-2-8-5-3-4-6-9(8)11-10(12(14)15)7-16-13-11/h7-9H,2-6H2,1H3,(H,14,15)/t8-,9-/m0/s1. The maximum atomic E-state index is 11.0. The van der Waals surface area contributed by atoms with Crippen LogP contribution in [0.5, 0.6) is 0 Å². The Balaban J connectivity index is 2.27. The minimum Gasteiger partial charge on any atom is -0.478 e. The van der Waals surface area contributed by atoms with Crippen LogP contribution in [0.2, 0.25) is 0 Å². The molecule has 1 saturated carbocycles. The van der Waals surface area contributed by atoms with Crippen molar-refractivity contribution in [2.45, 2.75) is 44.9 Å². The SMILES string of the molecule is CC[C@H]1CCCC[C@@H]1c1nocc1C(=O)O. The van der Waals surface area contributed by atoms with Crippen LogP contribution in [0.25, 0.3) is 0 Å². The number of aromatic nitrogens is 1. The van der Waals surface area contributed by atoms with Gasteiger partial charge in [-0.05, 0) is 18.8 Å². The Bertz CT molecular complexity index is 372. The van der Waals surface area contributed by atoms with Crippen molar-refractivity contribution in [1.29, 1.82) is 0 Å². The van der Waals surface area contributed by atoms with Gasteiger partial charge in [-0.3, -0.25) is 0 Å². The van der Waals surface area contributed by atoms with Gasteiger partial charge in [0.15, 0.2) is 0 Å². The van der Waals surface area contributed by atoms with Gasteiger partial charge in [0, 0.05) is 5.92 Å². The van der Waals surface area contributed by atoms with Gasteiger partial charge in [-0.2, -0.15) is 0 Å². The van der Waals surface area contributed by atoms with Crippen LogP contribution in [-0.4, -0.2) is 16.2 Å². The predicted molar refractivity (Wildman–Crippen MR) is 58.5 cm³/mol. The second-order valence-electron chi connectivity index (χ2n) is 4.48. The van der Waals surface area contributed by atoms with E-state index in [4.69, 9.17) is 9.63 Å². The van der Waals surface area contributed by atoms with E-state index >= 15 is 0 Å². The summed E-state index contributed by atoms with van der Waals surface area (Å²) in [5.74, 6) is -0.114. The Labute approximate surface area is 94.6 Å². The molecule has 0 bridgehead atoms. The Hall–Kier alpha value is -1.32. The van der Waals surface area contributed by atoms with E-state index in [9.17, 15) is 4.79 Å². The molecule has 0 aromatic carbocycles. The van der Waals surface area contributed by atoms with Gasteiger partial charge in [-0.15, -0.1) is 0 Å². The molecule has 16 heavy (non-hydrogen) atoms. The van der Waals surface area contributed by atoms with Gasteiger partial charge in [0.25, 0.3) is 0 Å². The van der Waals surface area contributed by atoms with Crippen molar-refractivity contribution in [3.63, 3.8) is 0 Å². The molecule has 0 aliphatic heterocycles. The van der Waals surface area contributed by atoms with Gasteiger partial charge in [0.05, 0.1) is 0 Å². The average Bonchev–Trinajstić information content (AvgIpc) is 2.77. The normalized spacial score (nSPS) is 25.6. The molecule has 1 aromatic heterocycles. The zero-order valence-electron chi connectivity index (χ0n) is 9.48. The van der Waals surface area contributed by atoms with Crippen LogP contribution in [0, 0.1) is 5.92 Å². The molecule has 4 nitrogen and oxygen atoms in total. The molecular formula is C12H17NO3. The summed E-state index contributed by atoms with van der Waals surface area (Å²) >= 11 is 0. The summed E-state index contributed by atoms with van der Waals surface area (Å²) in [6.45, 7) is 2.16. The molecule has 1 aliphatic rings. The smallest absolute Gasteiger partial charge is 0.340 e. The number of hydrogen-bond acceptors (Lipinski definition) is 3. The second kappa shape index (κ2) is 4.68. The summed E-state index contributed by atoms with van der Waals surface area (Å²) in [5, 5.41) is 12.9. The molecular weight excluding hydrogens is 206 g/mol. The van der Waals surface area contributed by atoms with Crippen LogP contribution in [0.4, 0.5) is 0 Å². The highest BCUT2D eigenvalue weighted by Crippen LogP contribution is 2.39. The molecule has 1 heterocycles. The number of nitrogens with zero attached hydrogens (tertiary/aromatic N) is 1. The summed E-state index contributed by atoms with van der Waals surface area (Å²) < 4.78 is 4.82. The van der Waals surface area contributed by atoms with E-state index in [0.717, 1.165) is 19.3 Å². The number of carbonyl (C=O) groups is 1. The van der Waals surface area contributed by atoms with E-state index in [2.05, 4.69) is 12.1 Å². The van der Waals surface area contributed by atoms with Gasteiger partial charge in [0.1, 0.15) is 17.5 Å². The first-order chi connectivity index (χ1) is 7.74. The molecule has 0 spiro atoms. The third-order valence-corrected chi connectivity index (χ3v) is 3.61. The Morgan fingerprint density at radius 3 is 3.00 bits per heavy atom. The largest absolute Gasteiger partial charge is 0.478 e. The Kier molecular flexibility index (Phi) is 3.27. The molecule has 0 amide bonds. The van der Waals surface area contributed by atoms with Crippen LogP contribution >= 0.6 is 0 Å². The first-order valence-corrected chi connectivity index (χ1v) is 5.91. The van der Waals surface area contributed by atoms with Crippen LogP contribution in [0.1, 0.15) is 61.0 Å². The summed E-state index contributed by atoms with van der Waals surface area (Å²) in [6, 6.07) is 0. The van der Waals surface area contributed by atoms with Crippen LogP contribution in [0.15, 0.2) is 10.8 Å². The van der Waals surface area contributed by atoms with E-state index in [1.807, 2.05) is 0 Å². The molecule has 2 atom stereocenters. The molecule has 0 saturated heterocycles. The number of hydrogen-bond donors (Lipinski definition) is 1. The van der Waals surface area contributed by atoms with E-state index in [1.54, 1.807) is 0 Å². The Morgan fingerprint density at radius 2 is 2.31 bits per heavy atom. The quantitative estimate of drug-likeness (QED) is 0.855. The third-order valence-electron chi connectivity index (χ3n) is 3.61. The minimum absolute atomic E-state index is 0.241. The van der Waals surface area contributed by atoms with Crippen molar-refractivity contribution in [1.82, 2.24) is 5.16 Å². The van der Waals surface area contributed by atoms with E-state index in [-0.39, 0.29) is 11.5 Å². The average molecular weight is 223 g/mol. The van der Waals surface area contributed by atoms with Crippen LogP contribution < -0.4 is 0 Å². The lowest BCUT2D eigenvalue weighted by Crippen LogP contribution is -2.19. The van der Waals surface area contributed by atoms with Crippen molar-refractivity contribution < 1.29 is 14.4 Å². The number of rotatable bonds is 3. The van der Waals surface area contributed by atoms with Gasteiger partial charge in [-0.1, -0.05) is 31.3 Å². The number of aromatic carboxylic acids is 1. The summed E-state index contributed by atoms with van der Waals surface area (Å²) in [7, 11) is 0. The molecule has 88 valence electrons. The van der Waals surface area contributed by atoms with Gasteiger partial charge < -0.3 is 9.63 Å². The fourth-order valence-corrected chi connectivity index (χ4v) is 2.73. The first kappa shape index (κ1) is 11.2. The lowest BCUT2D eigenvalue weighted by Gasteiger charge is -2.29. The zero-order valence-corrected chi connectivity index (χ0v) is 9.48. The highest BCUT2D eigenvalue weighted by molar-refractivity contribution is 5.88. The molecule has 1 aromatic rings. The summed E-state index contributed by atoms with van der Waals surface area (Å²) in [6.07, 6.45) is 6.94. The van der Waals surface area contributed by atoms with E-state index in [1.165, 1.54) is 19.1 Å². The summed E-state index contributed by atoms with van der Waals surface area (Å²) in [5.41, 5.74) is 0.893. The van der Waals surface area contributed by atoms with Gasteiger partial charge >= 0.3 is 5.97 Å². The van der Waals surface area contributed by atoms with Crippen molar-refractivity contribution in [2.24, 2.45) is 5.92 Å². The van der Waals surface area contributed by atoms with Crippen LogP contribution in [0.3, 0.4) is 0 Å². The number of carboxylic acids is 1. The van der Waals surface area contributed by atoms with Gasteiger partial charge in [-0.25, -0.2) is 4.79 Å². The molecule has 1 fully saturated rings. The van der Waals surface area contributed by atoms with E-state index in [0.29, 0.717) is 11.6 Å². The highest BCUT2D eigenvalue weighted by atomic mass is 16.5. The number of carboxylic acid groups (broad SMARTS) is 1. The monoisotopic (exact) mass is 223 g/mol. The summed E-state index contributed by atoms with van der Waals surface area (Å²) in [4.78, 5) is 11.0. The molecule has 2 rings (SSSR count). The predicted octanol–water partition coefficient (Wildman–Crippen LogP) is 3.06. The third kappa shape index (κ3) is 1.96. The van der Waals surface area contributed by atoms with Gasteiger partial charge in [0.2, 0.25) is 0 Å². The molecule has 0 radical (unpaired) electrons. The van der Waals surface area contributed by atoms with Crippen molar-refractivity contribution in [2.75, 3.05) is 0 Å². The molecule has 4 heteroatoms. The van der Waals surface area contributed by atoms with Crippen LogP contribution in [-0.2, 0) is 0 Å². The maximum Gasteiger partial charge on any atom is 0.340 e. The minimum atomic E-state index is -0.934. The molecule has 1 aliphatic carbocycles. The fourth-order valence-electron chi connectivity index (χ4n) is 2.73. The van der Waals surface area contributed by atoms with Crippen molar-refractivity contribution >= 4 is 5.97 Å². The highest BCUT2D eigenvalue weighted by Gasteiger charge is 2.31. The van der Waals surface area contributed by atoms with Crippen molar-refractivity contribution in [3.05, 3.63) is 17.5 Å². The lowest BCUT2D eigenvalue weighted by molar-refractivity contribution is 0.0693. The first-order valence-electron chi connectivity index (χ1n) is 5.91. The van der Waals surface area contributed by atoms with Crippen molar-refractivity contribution in [3.8, 4) is 0 Å². The maximum absolute atomic E-state index is 11.0. The zero-order chi connectivity index (χ0) is 11.5. The molecule has 0 unspecified atom stereocenters.